The minimum absolute atomic E-state index is 0.0849. The zero-order valence-corrected chi connectivity index (χ0v) is 10.4. The van der Waals surface area contributed by atoms with Crippen molar-refractivity contribution in [2.45, 2.75) is 6.61 Å². The third-order valence-electron chi connectivity index (χ3n) is 2.56. The highest BCUT2D eigenvalue weighted by molar-refractivity contribution is 5.34. The number of aliphatic hydroxyl groups excluding tert-OH is 1. The van der Waals surface area contributed by atoms with Crippen LogP contribution in [0, 0.1) is 5.82 Å². The van der Waals surface area contributed by atoms with Gasteiger partial charge in [-0.15, -0.1) is 0 Å². The van der Waals surface area contributed by atoms with Gasteiger partial charge < -0.3 is 14.6 Å². The fourth-order valence-corrected chi connectivity index (χ4v) is 1.66. The lowest BCUT2D eigenvalue weighted by atomic mass is 10.2. The van der Waals surface area contributed by atoms with Crippen LogP contribution >= 0.6 is 0 Å². The Morgan fingerprint density at radius 1 is 0.895 bits per heavy atom. The van der Waals surface area contributed by atoms with Crippen LogP contribution in [0.3, 0.4) is 0 Å². The van der Waals surface area contributed by atoms with E-state index in [9.17, 15) is 4.39 Å². The average Bonchev–Trinajstić information content (AvgIpc) is 2.46. The van der Waals surface area contributed by atoms with Crippen molar-refractivity contribution in [1.29, 1.82) is 0 Å². The van der Waals surface area contributed by atoms with E-state index in [1.54, 1.807) is 6.07 Å². The van der Waals surface area contributed by atoms with Gasteiger partial charge in [-0.2, -0.15) is 0 Å². The van der Waals surface area contributed by atoms with Crippen molar-refractivity contribution in [3.63, 3.8) is 0 Å². The predicted molar refractivity (Wildman–Crippen MR) is 69.8 cm³/mol. The zero-order valence-electron chi connectivity index (χ0n) is 10.4. The van der Waals surface area contributed by atoms with Crippen molar-refractivity contribution in [2.75, 3.05) is 13.2 Å². The van der Waals surface area contributed by atoms with Gasteiger partial charge in [-0.3, -0.25) is 0 Å². The van der Waals surface area contributed by atoms with Crippen LogP contribution in [0.5, 0.6) is 11.5 Å². The summed E-state index contributed by atoms with van der Waals surface area (Å²) in [6.45, 7) is 0.263. The van der Waals surface area contributed by atoms with E-state index < -0.39 is 5.82 Å². The number of para-hydroxylation sites is 2. The standard InChI is InChI=1S/C15H15FO3/c16-14-8-4-5-12(11-17)15(14)19-10-9-18-13-6-2-1-3-7-13/h1-8,17H,9-11H2. The summed E-state index contributed by atoms with van der Waals surface area (Å²) in [5.74, 6) is 0.343. The smallest absolute Gasteiger partial charge is 0.165 e. The molecule has 0 radical (unpaired) electrons. The van der Waals surface area contributed by atoms with Crippen molar-refractivity contribution in [1.82, 2.24) is 0 Å². The number of rotatable bonds is 6. The Kier molecular flexibility index (Phi) is 4.75. The predicted octanol–water partition coefficient (Wildman–Crippen LogP) is 2.78. The third kappa shape index (κ3) is 3.69. The molecule has 0 aliphatic rings. The maximum Gasteiger partial charge on any atom is 0.165 e. The third-order valence-corrected chi connectivity index (χ3v) is 2.56. The second kappa shape index (κ2) is 6.75. The van der Waals surface area contributed by atoms with Gasteiger partial charge in [-0.1, -0.05) is 30.3 Å². The fourth-order valence-electron chi connectivity index (χ4n) is 1.66. The van der Waals surface area contributed by atoms with E-state index in [0.29, 0.717) is 12.2 Å². The summed E-state index contributed by atoms with van der Waals surface area (Å²) in [5.41, 5.74) is 0.430. The average molecular weight is 262 g/mol. The Labute approximate surface area is 111 Å². The summed E-state index contributed by atoms with van der Waals surface area (Å²) < 4.78 is 24.3. The Balaban J connectivity index is 1.86. The monoisotopic (exact) mass is 262 g/mol. The Morgan fingerprint density at radius 2 is 1.63 bits per heavy atom. The van der Waals surface area contributed by atoms with Crippen LogP contribution < -0.4 is 9.47 Å². The molecule has 0 aliphatic heterocycles. The lowest BCUT2D eigenvalue weighted by Gasteiger charge is -2.11. The maximum atomic E-state index is 13.5. The molecular weight excluding hydrogens is 247 g/mol. The molecule has 2 aromatic rings. The van der Waals surface area contributed by atoms with Gasteiger partial charge in [0.25, 0.3) is 0 Å². The van der Waals surface area contributed by atoms with Gasteiger partial charge in [-0.05, 0) is 18.2 Å². The minimum Gasteiger partial charge on any atom is -0.490 e. The number of benzene rings is 2. The second-order valence-corrected chi connectivity index (χ2v) is 3.90. The maximum absolute atomic E-state index is 13.5. The largest absolute Gasteiger partial charge is 0.490 e. The second-order valence-electron chi connectivity index (χ2n) is 3.90. The van der Waals surface area contributed by atoms with Crippen molar-refractivity contribution in [3.05, 3.63) is 59.9 Å². The molecule has 4 heteroatoms. The van der Waals surface area contributed by atoms with Crippen molar-refractivity contribution >= 4 is 0 Å². The fraction of sp³-hybridized carbons (Fsp3) is 0.200. The Bertz CT molecular complexity index is 514. The first-order valence-corrected chi connectivity index (χ1v) is 6.00. The first-order valence-electron chi connectivity index (χ1n) is 6.00. The van der Waals surface area contributed by atoms with Gasteiger partial charge in [0.05, 0.1) is 6.61 Å². The van der Waals surface area contributed by atoms with Crippen molar-refractivity contribution < 1.29 is 19.0 Å². The molecule has 0 bridgehead atoms. The Morgan fingerprint density at radius 3 is 2.37 bits per heavy atom. The van der Waals surface area contributed by atoms with E-state index in [2.05, 4.69) is 0 Å². The highest BCUT2D eigenvalue weighted by atomic mass is 19.1. The zero-order chi connectivity index (χ0) is 13.5. The molecule has 0 heterocycles. The molecule has 0 saturated carbocycles. The van der Waals surface area contributed by atoms with Gasteiger partial charge in [0.1, 0.15) is 19.0 Å². The highest BCUT2D eigenvalue weighted by Crippen LogP contribution is 2.22. The summed E-state index contributed by atoms with van der Waals surface area (Å²) >= 11 is 0. The summed E-state index contributed by atoms with van der Waals surface area (Å²) in [5, 5.41) is 9.10. The van der Waals surface area contributed by atoms with E-state index in [0.717, 1.165) is 5.75 Å². The van der Waals surface area contributed by atoms with Gasteiger partial charge in [0.15, 0.2) is 11.6 Å². The number of aliphatic hydroxyl groups is 1. The highest BCUT2D eigenvalue weighted by Gasteiger charge is 2.08. The van der Waals surface area contributed by atoms with Crippen LogP contribution in [0.1, 0.15) is 5.56 Å². The van der Waals surface area contributed by atoms with Crippen molar-refractivity contribution in [2.24, 2.45) is 0 Å². The molecule has 1 N–H and O–H groups in total. The molecule has 0 atom stereocenters. The minimum atomic E-state index is -0.480. The molecule has 2 aromatic carbocycles. The molecule has 0 saturated heterocycles. The van der Waals surface area contributed by atoms with Gasteiger partial charge in [-0.25, -0.2) is 4.39 Å². The summed E-state index contributed by atoms with van der Waals surface area (Å²) in [7, 11) is 0. The molecule has 0 aromatic heterocycles. The topological polar surface area (TPSA) is 38.7 Å². The molecule has 0 fully saturated rings. The van der Waals surface area contributed by atoms with Crippen LogP contribution in [-0.4, -0.2) is 18.3 Å². The SMILES string of the molecule is OCc1cccc(F)c1OCCOc1ccccc1. The molecule has 100 valence electrons. The van der Waals surface area contributed by atoms with E-state index in [1.807, 2.05) is 30.3 Å². The first-order chi connectivity index (χ1) is 9.31. The van der Waals surface area contributed by atoms with Gasteiger partial charge >= 0.3 is 0 Å². The van der Waals surface area contributed by atoms with Crippen LogP contribution in [0.15, 0.2) is 48.5 Å². The van der Waals surface area contributed by atoms with E-state index >= 15 is 0 Å². The normalized spacial score (nSPS) is 10.2. The summed E-state index contributed by atoms with van der Waals surface area (Å²) in [6.07, 6.45) is 0. The van der Waals surface area contributed by atoms with Crippen LogP contribution in [0.2, 0.25) is 0 Å². The van der Waals surface area contributed by atoms with Gasteiger partial charge in [0, 0.05) is 5.56 Å². The van der Waals surface area contributed by atoms with Crippen molar-refractivity contribution in [3.8, 4) is 11.5 Å². The lowest BCUT2D eigenvalue weighted by Crippen LogP contribution is -2.11. The van der Waals surface area contributed by atoms with Crippen LogP contribution in [0.4, 0.5) is 4.39 Å². The van der Waals surface area contributed by atoms with Gasteiger partial charge in [0.2, 0.25) is 0 Å². The van der Waals surface area contributed by atoms with E-state index in [4.69, 9.17) is 14.6 Å². The Hall–Kier alpha value is -2.07. The van der Waals surface area contributed by atoms with E-state index in [1.165, 1.54) is 12.1 Å². The van der Waals surface area contributed by atoms with Crippen LogP contribution in [0.25, 0.3) is 0 Å². The quantitative estimate of drug-likeness (QED) is 0.813. The first kappa shape index (κ1) is 13.4. The molecule has 19 heavy (non-hydrogen) atoms. The number of halogens is 1. The molecule has 3 nitrogen and oxygen atoms in total. The molecule has 0 aliphatic carbocycles. The molecule has 0 amide bonds. The molecule has 2 rings (SSSR count). The molecule has 0 unspecified atom stereocenters. The summed E-state index contributed by atoms with van der Waals surface area (Å²) in [4.78, 5) is 0. The molecule has 0 spiro atoms. The molecular formula is C15H15FO3. The van der Waals surface area contributed by atoms with E-state index in [-0.39, 0.29) is 19.0 Å². The lowest BCUT2D eigenvalue weighted by molar-refractivity contribution is 0.204. The summed E-state index contributed by atoms with van der Waals surface area (Å²) in [6, 6.07) is 13.8. The number of hydrogen-bond acceptors (Lipinski definition) is 3. The number of ether oxygens (including phenoxy) is 2. The van der Waals surface area contributed by atoms with Crippen LogP contribution in [-0.2, 0) is 6.61 Å². The number of hydrogen-bond donors (Lipinski definition) is 1.